The van der Waals surface area contributed by atoms with E-state index >= 15 is 0 Å². The van der Waals surface area contributed by atoms with Crippen LogP contribution < -0.4 is 4.74 Å². The first-order valence-electron chi connectivity index (χ1n) is 11.2. The van der Waals surface area contributed by atoms with Crippen molar-refractivity contribution in [3.05, 3.63) is 107 Å². The van der Waals surface area contributed by atoms with Gasteiger partial charge in [-0.05, 0) is 54.3 Å². The lowest BCUT2D eigenvalue weighted by Gasteiger charge is -2.23. The molecule has 4 heteroatoms. The first-order chi connectivity index (χ1) is 15.8. The monoisotopic (exact) mass is 422 g/mol. The molecule has 5 rings (SSSR count). The van der Waals surface area contributed by atoms with Crippen LogP contribution in [-0.4, -0.2) is 28.9 Å². The third-order valence-electron chi connectivity index (χ3n) is 5.97. The number of carbonyl (C=O) groups is 1. The number of ether oxygens (including phenoxy) is 1. The molecule has 1 amide bonds. The van der Waals surface area contributed by atoms with Crippen molar-refractivity contribution < 1.29 is 9.53 Å². The number of carbonyl (C=O) groups excluding carboxylic acids is 1. The number of nitrogens with zero attached hydrogens (tertiary/aromatic N) is 2. The highest BCUT2D eigenvalue weighted by Crippen LogP contribution is 2.26. The van der Waals surface area contributed by atoms with Gasteiger partial charge in [0.05, 0.1) is 24.4 Å². The fourth-order valence-corrected chi connectivity index (χ4v) is 4.27. The van der Waals surface area contributed by atoms with Gasteiger partial charge in [-0.1, -0.05) is 54.6 Å². The van der Waals surface area contributed by atoms with Gasteiger partial charge in [-0.3, -0.25) is 9.78 Å². The molecule has 3 aromatic carbocycles. The van der Waals surface area contributed by atoms with Crippen molar-refractivity contribution in [3.63, 3.8) is 0 Å². The predicted octanol–water partition coefficient (Wildman–Crippen LogP) is 5.44. The third-order valence-corrected chi connectivity index (χ3v) is 5.97. The number of pyridine rings is 1. The van der Waals surface area contributed by atoms with Crippen molar-refractivity contribution >= 4 is 16.8 Å². The number of para-hydroxylation sites is 1. The van der Waals surface area contributed by atoms with Crippen molar-refractivity contribution in [3.8, 4) is 5.75 Å². The lowest BCUT2D eigenvalue weighted by molar-refractivity contribution is 0.0739. The van der Waals surface area contributed by atoms with E-state index in [1.54, 1.807) is 0 Å². The Bertz CT molecular complexity index is 1240. The standard InChI is InChI=1S/C28H26N2O2/c31-28(24-13-15-27-23(19-24)16-18-32-27)30(17-6-9-21-7-2-1-3-8-21)20-25-14-12-22-10-4-5-11-26(22)29-25/h1-5,7-8,10-15,19H,6,9,16-18,20H2. The molecule has 0 atom stereocenters. The van der Waals surface area contributed by atoms with Gasteiger partial charge in [0.15, 0.2) is 0 Å². The minimum absolute atomic E-state index is 0.0442. The number of benzene rings is 3. The molecule has 1 aromatic heterocycles. The van der Waals surface area contributed by atoms with Crippen LogP contribution in [0, 0.1) is 0 Å². The van der Waals surface area contributed by atoms with Crippen molar-refractivity contribution in [2.24, 2.45) is 0 Å². The molecular weight excluding hydrogens is 396 g/mol. The summed E-state index contributed by atoms with van der Waals surface area (Å²) < 4.78 is 5.61. The number of hydrogen-bond donors (Lipinski definition) is 0. The second kappa shape index (κ2) is 9.23. The summed E-state index contributed by atoms with van der Waals surface area (Å²) in [5, 5.41) is 1.11. The molecule has 4 aromatic rings. The number of aryl methyl sites for hydroxylation is 1. The zero-order valence-electron chi connectivity index (χ0n) is 18.0. The van der Waals surface area contributed by atoms with Gasteiger partial charge in [-0.15, -0.1) is 0 Å². The Kier molecular flexibility index (Phi) is 5.84. The molecule has 0 saturated carbocycles. The maximum atomic E-state index is 13.5. The van der Waals surface area contributed by atoms with Gasteiger partial charge in [-0.2, -0.15) is 0 Å². The molecule has 0 saturated heterocycles. The van der Waals surface area contributed by atoms with Crippen LogP contribution in [0.3, 0.4) is 0 Å². The highest BCUT2D eigenvalue weighted by molar-refractivity contribution is 5.94. The first kappa shape index (κ1) is 20.3. The second-order valence-corrected chi connectivity index (χ2v) is 8.23. The summed E-state index contributed by atoms with van der Waals surface area (Å²) in [6, 6.07) is 28.4. The van der Waals surface area contributed by atoms with E-state index < -0.39 is 0 Å². The molecule has 0 N–H and O–H groups in total. The van der Waals surface area contributed by atoms with Gasteiger partial charge >= 0.3 is 0 Å². The average Bonchev–Trinajstić information content (AvgIpc) is 3.31. The van der Waals surface area contributed by atoms with Gasteiger partial charge in [0.25, 0.3) is 5.91 Å². The van der Waals surface area contributed by atoms with Crippen molar-refractivity contribution in [1.29, 1.82) is 0 Å². The molecule has 0 aliphatic carbocycles. The summed E-state index contributed by atoms with van der Waals surface area (Å²) in [6.45, 7) is 1.86. The van der Waals surface area contributed by atoms with E-state index in [0.717, 1.165) is 52.7 Å². The van der Waals surface area contributed by atoms with Gasteiger partial charge in [0.1, 0.15) is 5.75 Å². The summed E-state index contributed by atoms with van der Waals surface area (Å²) in [5.41, 5.74) is 4.98. The molecule has 0 radical (unpaired) electrons. The molecule has 0 fully saturated rings. The molecule has 32 heavy (non-hydrogen) atoms. The average molecular weight is 423 g/mol. The van der Waals surface area contributed by atoms with Crippen LogP contribution in [0.5, 0.6) is 5.75 Å². The fourth-order valence-electron chi connectivity index (χ4n) is 4.27. The molecule has 4 nitrogen and oxygen atoms in total. The molecule has 1 aliphatic heterocycles. The molecule has 160 valence electrons. The minimum atomic E-state index is 0.0442. The van der Waals surface area contributed by atoms with Crippen LogP contribution in [0.1, 0.15) is 33.6 Å². The third kappa shape index (κ3) is 4.50. The van der Waals surface area contributed by atoms with Gasteiger partial charge in [0.2, 0.25) is 0 Å². The Hall–Kier alpha value is -3.66. The van der Waals surface area contributed by atoms with E-state index in [1.807, 2.05) is 53.4 Å². The van der Waals surface area contributed by atoms with Gasteiger partial charge in [-0.25, -0.2) is 0 Å². The van der Waals surface area contributed by atoms with Gasteiger partial charge in [0, 0.05) is 23.9 Å². The normalized spacial score (nSPS) is 12.4. The first-order valence-corrected chi connectivity index (χ1v) is 11.2. The van der Waals surface area contributed by atoms with Crippen molar-refractivity contribution in [2.75, 3.05) is 13.2 Å². The number of hydrogen-bond acceptors (Lipinski definition) is 3. The van der Waals surface area contributed by atoms with Crippen LogP contribution >= 0.6 is 0 Å². The lowest BCUT2D eigenvalue weighted by atomic mass is 10.1. The lowest BCUT2D eigenvalue weighted by Crippen LogP contribution is -2.32. The Morgan fingerprint density at radius 3 is 2.69 bits per heavy atom. The molecule has 2 heterocycles. The van der Waals surface area contributed by atoms with Crippen LogP contribution in [0.25, 0.3) is 10.9 Å². The van der Waals surface area contributed by atoms with E-state index in [4.69, 9.17) is 9.72 Å². The summed E-state index contributed by atoms with van der Waals surface area (Å²) in [4.78, 5) is 20.2. The predicted molar refractivity (Wildman–Crippen MR) is 127 cm³/mol. The summed E-state index contributed by atoms with van der Waals surface area (Å²) >= 11 is 0. The highest BCUT2D eigenvalue weighted by Gasteiger charge is 2.20. The van der Waals surface area contributed by atoms with Crippen LogP contribution in [-0.2, 0) is 19.4 Å². The molecule has 0 unspecified atom stereocenters. The Morgan fingerprint density at radius 2 is 1.78 bits per heavy atom. The summed E-state index contributed by atoms with van der Waals surface area (Å²) in [5.74, 6) is 0.941. The number of fused-ring (bicyclic) bond motifs is 2. The zero-order valence-corrected chi connectivity index (χ0v) is 18.0. The topological polar surface area (TPSA) is 42.4 Å². The molecular formula is C28H26N2O2. The Labute approximate surface area is 188 Å². The van der Waals surface area contributed by atoms with E-state index in [9.17, 15) is 4.79 Å². The van der Waals surface area contributed by atoms with Crippen molar-refractivity contribution in [2.45, 2.75) is 25.8 Å². The molecule has 1 aliphatic rings. The van der Waals surface area contributed by atoms with Crippen LogP contribution in [0.15, 0.2) is 84.9 Å². The van der Waals surface area contributed by atoms with E-state index in [0.29, 0.717) is 19.7 Å². The van der Waals surface area contributed by atoms with Crippen molar-refractivity contribution in [1.82, 2.24) is 9.88 Å². The second-order valence-electron chi connectivity index (χ2n) is 8.23. The van der Waals surface area contributed by atoms with Crippen LogP contribution in [0.2, 0.25) is 0 Å². The zero-order chi connectivity index (χ0) is 21.8. The summed E-state index contributed by atoms with van der Waals surface area (Å²) in [7, 11) is 0. The van der Waals surface area contributed by atoms with Gasteiger partial charge < -0.3 is 9.64 Å². The maximum absolute atomic E-state index is 13.5. The Balaban J connectivity index is 1.37. The van der Waals surface area contributed by atoms with E-state index in [1.165, 1.54) is 5.56 Å². The summed E-state index contributed by atoms with van der Waals surface area (Å²) in [6.07, 6.45) is 2.70. The quantitative estimate of drug-likeness (QED) is 0.398. The Morgan fingerprint density at radius 1 is 0.938 bits per heavy atom. The molecule has 0 spiro atoms. The minimum Gasteiger partial charge on any atom is -0.493 e. The van der Waals surface area contributed by atoms with Crippen LogP contribution in [0.4, 0.5) is 0 Å². The number of rotatable bonds is 7. The smallest absolute Gasteiger partial charge is 0.254 e. The number of aromatic nitrogens is 1. The van der Waals surface area contributed by atoms with E-state index in [-0.39, 0.29) is 5.91 Å². The number of amides is 1. The molecule has 0 bridgehead atoms. The maximum Gasteiger partial charge on any atom is 0.254 e. The van der Waals surface area contributed by atoms with E-state index in [2.05, 4.69) is 36.4 Å². The fraction of sp³-hybridized carbons (Fsp3) is 0.214. The largest absolute Gasteiger partial charge is 0.493 e. The highest BCUT2D eigenvalue weighted by atomic mass is 16.5. The SMILES string of the molecule is O=C(c1ccc2c(c1)CCO2)N(CCCc1ccccc1)Cc1ccc2ccccc2n1.